The Kier molecular flexibility index (Phi) is 5.81. The summed E-state index contributed by atoms with van der Waals surface area (Å²) in [5.74, 6) is 0.328. The quantitative estimate of drug-likeness (QED) is 0.589. The van der Waals surface area contributed by atoms with Crippen molar-refractivity contribution >= 4 is 51.2 Å². The summed E-state index contributed by atoms with van der Waals surface area (Å²) in [7, 11) is 0. The van der Waals surface area contributed by atoms with E-state index in [0.29, 0.717) is 40.3 Å². The summed E-state index contributed by atoms with van der Waals surface area (Å²) >= 11 is 8.71. The van der Waals surface area contributed by atoms with Crippen LogP contribution in [0, 0.1) is 0 Å². The van der Waals surface area contributed by atoms with E-state index in [0.717, 1.165) is 10.6 Å². The summed E-state index contributed by atoms with van der Waals surface area (Å²) in [6.45, 7) is 4.53. The minimum Gasteiger partial charge on any atom is -0.478 e. The molecule has 0 atom stereocenters. The first-order valence-electron chi connectivity index (χ1n) is 9.39. The molecule has 2 aromatic heterocycles. The number of rotatable bonds is 5. The number of fused-ring (bicyclic) bond motifs is 1. The van der Waals surface area contributed by atoms with Crippen LogP contribution in [0.15, 0.2) is 41.8 Å². The van der Waals surface area contributed by atoms with E-state index >= 15 is 0 Å². The Balaban J connectivity index is 1.43. The van der Waals surface area contributed by atoms with E-state index in [-0.39, 0.29) is 11.8 Å². The van der Waals surface area contributed by atoms with Gasteiger partial charge < -0.3 is 9.64 Å². The van der Waals surface area contributed by atoms with Gasteiger partial charge in [-0.1, -0.05) is 29.0 Å². The number of benzene rings is 1. The summed E-state index contributed by atoms with van der Waals surface area (Å²) in [4.78, 5) is 33.3. The second-order valence-electron chi connectivity index (χ2n) is 7.36. The molecule has 0 fully saturated rings. The molecular formula is C21H20ClN3O3S2. The highest BCUT2D eigenvalue weighted by molar-refractivity contribution is 7.16. The molecule has 4 rings (SSSR count). The van der Waals surface area contributed by atoms with Crippen LogP contribution in [0.4, 0.5) is 5.13 Å². The van der Waals surface area contributed by atoms with Gasteiger partial charge in [-0.15, -0.1) is 11.3 Å². The molecule has 9 heteroatoms. The summed E-state index contributed by atoms with van der Waals surface area (Å²) in [5.41, 5.74) is -0.0892. The number of carbonyl (C=O) groups excluding carboxylic acids is 2. The zero-order valence-corrected chi connectivity index (χ0v) is 18.9. The average Bonchev–Trinajstić information content (AvgIpc) is 3.37. The maximum absolute atomic E-state index is 13.1. The van der Waals surface area contributed by atoms with Gasteiger partial charge in [0, 0.05) is 22.9 Å². The van der Waals surface area contributed by atoms with Crippen LogP contribution in [0.3, 0.4) is 0 Å². The number of hydrogen-bond acceptors (Lipinski definition) is 6. The highest BCUT2D eigenvalue weighted by Gasteiger charge is 2.36. The number of thiophene rings is 1. The fraction of sp³-hybridized carbons (Fsp3) is 0.286. The van der Waals surface area contributed by atoms with Crippen LogP contribution in [0.2, 0.25) is 5.02 Å². The van der Waals surface area contributed by atoms with E-state index in [2.05, 4.69) is 10.3 Å². The SMILES string of the molecule is CC(C)(Oc1ccc(Cl)cc1)C(=O)N1CCc2nc(NC(=O)c3cccs3)sc2C1. The fourth-order valence-corrected chi connectivity index (χ4v) is 4.97. The molecule has 0 aliphatic carbocycles. The summed E-state index contributed by atoms with van der Waals surface area (Å²) in [6, 6.07) is 10.6. The van der Waals surface area contributed by atoms with Gasteiger partial charge in [0.2, 0.25) is 0 Å². The summed E-state index contributed by atoms with van der Waals surface area (Å²) in [6.07, 6.45) is 0.642. The van der Waals surface area contributed by atoms with Crippen LogP contribution >= 0.6 is 34.3 Å². The molecular weight excluding hydrogens is 442 g/mol. The first-order chi connectivity index (χ1) is 14.3. The zero-order chi connectivity index (χ0) is 21.3. The third-order valence-electron chi connectivity index (χ3n) is 4.69. The Bertz CT molecular complexity index is 1060. The maximum atomic E-state index is 13.1. The molecule has 1 aromatic carbocycles. The van der Waals surface area contributed by atoms with Crippen molar-refractivity contribution in [3.63, 3.8) is 0 Å². The maximum Gasteiger partial charge on any atom is 0.267 e. The van der Waals surface area contributed by atoms with E-state index in [4.69, 9.17) is 16.3 Å². The zero-order valence-electron chi connectivity index (χ0n) is 16.5. The van der Waals surface area contributed by atoms with Gasteiger partial charge in [-0.2, -0.15) is 0 Å². The molecule has 0 saturated carbocycles. The Morgan fingerprint density at radius 2 is 2.00 bits per heavy atom. The van der Waals surface area contributed by atoms with Crippen molar-refractivity contribution in [2.24, 2.45) is 0 Å². The molecule has 30 heavy (non-hydrogen) atoms. The molecule has 1 N–H and O–H groups in total. The van der Waals surface area contributed by atoms with Crippen molar-refractivity contribution in [1.82, 2.24) is 9.88 Å². The Morgan fingerprint density at radius 1 is 1.23 bits per heavy atom. The lowest BCUT2D eigenvalue weighted by molar-refractivity contribution is -0.146. The number of halogens is 1. The van der Waals surface area contributed by atoms with Gasteiger partial charge in [0.15, 0.2) is 10.7 Å². The van der Waals surface area contributed by atoms with Gasteiger partial charge in [-0.25, -0.2) is 4.98 Å². The standard InChI is InChI=1S/C21H20ClN3O3S2/c1-21(2,28-14-7-5-13(22)6-8-14)19(27)25-10-9-15-17(12-25)30-20(23-15)24-18(26)16-4-3-11-29-16/h3-8,11H,9-10,12H2,1-2H3,(H,23,24,26). The van der Waals surface area contributed by atoms with Gasteiger partial charge in [-0.05, 0) is 49.6 Å². The predicted molar refractivity (Wildman–Crippen MR) is 120 cm³/mol. The van der Waals surface area contributed by atoms with E-state index < -0.39 is 5.60 Å². The number of amides is 2. The number of thiazole rings is 1. The van der Waals surface area contributed by atoms with Crippen molar-refractivity contribution in [3.8, 4) is 5.75 Å². The number of hydrogen-bond donors (Lipinski definition) is 1. The molecule has 3 aromatic rings. The third-order valence-corrected chi connectivity index (χ3v) is 6.80. The van der Waals surface area contributed by atoms with Crippen molar-refractivity contribution in [1.29, 1.82) is 0 Å². The van der Waals surface area contributed by atoms with Gasteiger partial charge in [0.1, 0.15) is 5.75 Å². The van der Waals surface area contributed by atoms with Crippen LogP contribution < -0.4 is 10.1 Å². The van der Waals surface area contributed by atoms with Crippen molar-refractivity contribution in [2.75, 3.05) is 11.9 Å². The molecule has 0 spiro atoms. The second-order valence-corrected chi connectivity index (χ2v) is 9.83. The molecule has 0 bridgehead atoms. The second kappa shape index (κ2) is 8.37. The molecule has 0 radical (unpaired) electrons. The normalized spacial score (nSPS) is 13.6. The van der Waals surface area contributed by atoms with Crippen molar-refractivity contribution in [3.05, 3.63) is 62.2 Å². The Hall–Kier alpha value is -2.42. The Labute approximate surface area is 187 Å². The van der Waals surface area contributed by atoms with Crippen LogP contribution in [0.5, 0.6) is 5.75 Å². The van der Waals surface area contributed by atoms with Crippen LogP contribution in [-0.4, -0.2) is 33.8 Å². The lowest BCUT2D eigenvalue weighted by Crippen LogP contribution is -2.50. The lowest BCUT2D eigenvalue weighted by atomic mass is 10.1. The Morgan fingerprint density at radius 3 is 2.70 bits per heavy atom. The molecule has 0 saturated heterocycles. The third kappa shape index (κ3) is 4.50. The first-order valence-corrected chi connectivity index (χ1v) is 11.5. The fourth-order valence-electron chi connectivity index (χ4n) is 3.21. The number of ether oxygens (including phenoxy) is 1. The van der Waals surface area contributed by atoms with Crippen molar-refractivity contribution in [2.45, 2.75) is 32.4 Å². The van der Waals surface area contributed by atoms with Crippen LogP contribution in [0.25, 0.3) is 0 Å². The highest BCUT2D eigenvalue weighted by Crippen LogP contribution is 2.31. The first kappa shape index (κ1) is 20.8. The number of aromatic nitrogens is 1. The molecule has 1 aliphatic rings. The molecule has 3 heterocycles. The van der Waals surface area contributed by atoms with E-state index in [9.17, 15) is 9.59 Å². The highest BCUT2D eigenvalue weighted by atomic mass is 35.5. The van der Waals surface area contributed by atoms with E-state index in [1.807, 2.05) is 11.4 Å². The summed E-state index contributed by atoms with van der Waals surface area (Å²) < 4.78 is 5.94. The van der Waals surface area contributed by atoms with E-state index in [1.165, 1.54) is 22.7 Å². The minimum atomic E-state index is -1.02. The molecule has 6 nitrogen and oxygen atoms in total. The van der Waals surface area contributed by atoms with Gasteiger partial charge in [0.25, 0.3) is 11.8 Å². The number of nitrogens with zero attached hydrogens (tertiary/aromatic N) is 2. The van der Waals surface area contributed by atoms with Crippen LogP contribution in [0.1, 0.15) is 34.1 Å². The van der Waals surface area contributed by atoms with Crippen molar-refractivity contribution < 1.29 is 14.3 Å². The number of nitrogens with one attached hydrogen (secondary N) is 1. The number of anilines is 1. The largest absolute Gasteiger partial charge is 0.478 e. The van der Waals surface area contributed by atoms with Crippen LogP contribution in [-0.2, 0) is 17.8 Å². The van der Waals surface area contributed by atoms with E-state index in [1.54, 1.807) is 49.1 Å². The smallest absolute Gasteiger partial charge is 0.267 e. The average molecular weight is 462 g/mol. The monoisotopic (exact) mass is 461 g/mol. The summed E-state index contributed by atoms with van der Waals surface area (Å²) in [5, 5.41) is 5.89. The van der Waals surface area contributed by atoms with Gasteiger partial charge >= 0.3 is 0 Å². The molecule has 156 valence electrons. The number of carbonyl (C=O) groups is 2. The molecule has 0 unspecified atom stereocenters. The molecule has 1 aliphatic heterocycles. The van der Waals surface area contributed by atoms with Gasteiger partial charge in [-0.3, -0.25) is 14.9 Å². The lowest BCUT2D eigenvalue weighted by Gasteiger charge is -2.34. The topological polar surface area (TPSA) is 71.5 Å². The predicted octanol–water partition coefficient (Wildman–Crippen LogP) is 4.85. The molecule has 2 amide bonds. The van der Waals surface area contributed by atoms with Gasteiger partial charge in [0.05, 0.1) is 17.1 Å². The minimum absolute atomic E-state index is 0.0966.